The zero-order valence-corrected chi connectivity index (χ0v) is 20.0. The lowest BCUT2D eigenvalue weighted by Crippen LogP contribution is -2.56. The second-order valence-corrected chi connectivity index (χ2v) is 12.1. The molecule has 0 spiro atoms. The summed E-state index contributed by atoms with van der Waals surface area (Å²) in [5.74, 6) is 3.22. The van der Waals surface area contributed by atoms with Gasteiger partial charge >= 0.3 is 0 Å². The zero-order chi connectivity index (χ0) is 22.7. The molecule has 0 unspecified atom stereocenters. The van der Waals surface area contributed by atoms with Gasteiger partial charge in [0.15, 0.2) is 5.78 Å². The van der Waals surface area contributed by atoms with Gasteiger partial charge in [0.05, 0.1) is 23.9 Å². The maximum atomic E-state index is 13.4. The van der Waals surface area contributed by atoms with Crippen molar-refractivity contribution in [2.24, 2.45) is 40.4 Å². The minimum atomic E-state index is -0.484. The van der Waals surface area contributed by atoms with E-state index >= 15 is 0 Å². The number of carbonyl (C=O) groups excluding carboxylic acids is 1. The molecule has 1 aromatic heterocycles. The third-order valence-electron chi connectivity index (χ3n) is 10.8. The molecule has 1 heterocycles. The van der Waals surface area contributed by atoms with E-state index in [1.165, 1.54) is 38.5 Å². The smallest absolute Gasteiger partial charge is 0.157 e. The molecule has 0 bridgehead atoms. The van der Waals surface area contributed by atoms with Crippen LogP contribution in [-0.2, 0) is 11.3 Å². The van der Waals surface area contributed by atoms with Gasteiger partial charge in [-0.15, -0.1) is 0 Å². The molecule has 4 fully saturated rings. The lowest BCUT2D eigenvalue weighted by Gasteiger charge is -2.63. The van der Waals surface area contributed by atoms with Crippen molar-refractivity contribution in [2.45, 2.75) is 97.1 Å². The predicted octanol–water partition coefficient (Wildman–Crippen LogP) is 5.12. The Morgan fingerprint density at radius 1 is 1.19 bits per heavy atom. The van der Waals surface area contributed by atoms with Gasteiger partial charge < -0.3 is 5.11 Å². The molecule has 0 saturated heterocycles. The Morgan fingerprint density at radius 3 is 2.72 bits per heavy atom. The van der Waals surface area contributed by atoms with Gasteiger partial charge in [0.25, 0.3) is 0 Å². The fraction of sp³-hybridized carbons (Fsp3) is 0.815. The minimum Gasteiger partial charge on any atom is -0.390 e. The molecule has 0 aliphatic heterocycles. The average Bonchev–Trinajstić information content (AvgIpc) is 3.36. The van der Waals surface area contributed by atoms with Gasteiger partial charge in [-0.2, -0.15) is 10.4 Å². The molecule has 5 heteroatoms. The van der Waals surface area contributed by atoms with E-state index in [2.05, 4.69) is 25.0 Å². The normalized spacial score (nSPS) is 45.4. The third-order valence-corrected chi connectivity index (χ3v) is 10.8. The molecular formula is C27H39N3O2. The van der Waals surface area contributed by atoms with Crippen LogP contribution in [0, 0.1) is 51.8 Å². The standard InChI is InChI=1S/C27H39N3O2/c1-4-27-12-11-25(2,32)13-19(27)5-6-20-21-7-8-23(26(21,3)10-9-22(20)27)24(31)17-30-16-18(14-28)15-29-30/h15-16,19-23,32H,4-13,17H2,1-3H3/t19-,20-,21-,22-,23+,25+,26-,27-/m0/s1. The van der Waals surface area contributed by atoms with E-state index in [9.17, 15) is 9.90 Å². The Labute approximate surface area is 192 Å². The van der Waals surface area contributed by atoms with Crippen LogP contribution in [0.15, 0.2) is 12.4 Å². The number of ketones is 1. The molecular weight excluding hydrogens is 398 g/mol. The topological polar surface area (TPSA) is 78.9 Å². The van der Waals surface area contributed by atoms with Gasteiger partial charge in [-0.3, -0.25) is 9.48 Å². The minimum absolute atomic E-state index is 0.103. The highest BCUT2D eigenvalue weighted by atomic mass is 16.3. The van der Waals surface area contributed by atoms with Crippen LogP contribution in [0.4, 0.5) is 0 Å². The van der Waals surface area contributed by atoms with Crippen LogP contribution in [0.5, 0.6) is 0 Å². The van der Waals surface area contributed by atoms with Crippen LogP contribution in [0.25, 0.3) is 0 Å². The van der Waals surface area contributed by atoms with E-state index in [1.54, 1.807) is 17.1 Å². The van der Waals surface area contributed by atoms with Crippen LogP contribution in [0.2, 0.25) is 0 Å². The Kier molecular flexibility index (Phi) is 5.32. The van der Waals surface area contributed by atoms with Crippen molar-refractivity contribution in [1.82, 2.24) is 9.78 Å². The molecule has 4 aliphatic rings. The molecule has 8 atom stereocenters. The van der Waals surface area contributed by atoms with Gasteiger partial charge in [-0.25, -0.2) is 0 Å². The lowest BCUT2D eigenvalue weighted by molar-refractivity contribution is -0.158. The molecule has 1 aromatic rings. The number of nitrogens with zero attached hydrogens (tertiary/aromatic N) is 3. The molecule has 4 aliphatic carbocycles. The molecule has 32 heavy (non-hydrogen) atoms. The SMILES string of the molecule is CC[C@]12CC[C@@](C)(O)C[C@@H]1CC[C@H]1[C@@H]3CC[C@H](C(=O)Cn4cc(C#N)cn4)[C@@]3(C)CC[C@@H]12. The van der Waals surface area contributed by atoms with Gasteiger partial charge in [-0.05, 0) is 106 Å². The number of aliphatic hydroxyl groups is 1. The molecule has 5 rings (SSSR count). The number of fused-ring (bicyclic) bond motifs is 5. The summed E-state index contributed by atoms with van der Waals surface area (Å²) in [7, 11) is 0. The summed E-state index contributed by atoms with van der Waals surface area (Å²) >= 11 is 0. The Bertz CT molecular complexity index is 930. The molecule has 1 N–H and O–H groups in total. The first-order valence-electron chi connectivity index (χ1n) is 12.9. The number of hydrogen-bond acceptors (Lipinski definition) is 4. The van der Waals surface area contributed by atoms with Crippen LogP contribution in [0.1, 0.15) is 90.5 Å². The fourth-order valence-corrected chi connectivity index (χ4v) is 9.25. The Balaban J connectivity index is 1.35. The van der Waals surface area contributed by atoms with Crippen LogP contribution < -0.4 is 0 Å². The predicted molar refractivity (Wildman–Crippen MR) is 122 cm³/mol. The second kappa shape index (κ2) is 7.69. The third kappa shape index (κ3) is 3.28. The maximum absolute atomic E-state index is 13.4. The van der Waals surface area contributed by atoms with Crippen molar-refractivity contribution in [2.75, 3.05) is 0 Å². The van der Waals surface area contributed by atoms with E-state index in [4.69, 9.17) is 5.26 Å². The number of Topliss-reactive ketones (excluding diaryl/α,β-unsaturated/α-hetero) is 1. The Hall–Kier alpha value is -1.67. The van der Waals surface area contributed by atoms with Crippen molar-refractivity contribution in [3.05, 3.63) is 18.0 Å². The van der Waals surface area contributed by atoms with Crippen molar-refractivity contribution in [3.63, 3.8) is 0 Å². The first-order chi connectivity index (χ1) is 15.2. The van der Waals surface area contributed by atoms with Gasteiger partial charge in [0.2, 0.25) is 0 Å². The largest absolute Gasteiger partial charge is 0.390 e. The molecule has 0 aromatic carbocycles. The van der Waals surface area contributed by atoms with Crippen molar-refractivity contribution in [1.29, 1.82) is 5.26 Å². The molecule has 4 saturated carbocycles. The number of rotatable bonds is 4. The van der Waals surface area contributed by atoms with E-state index in [1.807, 2.05) is 6.92 Å². The van der Waals surface area contributed by atoms with Crippen molar-refractivity contribution >= 4 is 5.78 Å². The molecule has 0 radical (unpaired) electrons. The summed E-state index contributed by atoms with van der Waals surface area (Å²) in [4.78, 5) is 13.4. The van der Waals surface area contributed by atoms with Gasteiger partial charge in [0, 0.05) is 12.1 Å². The highest BCUT2D eigenvalue weighted by Crippen LogP contribution is 2.69. The highest BCUT2D eigenvalue weighted by Gasteiger charge is 2.62. The lowest BCUT2D eigenvalue weighted by atomic mass is 9.42. The number of carbonyl (C=O) groups is 1. The Morgan fingerprint density at radius 2 is 2.00 bits per heavy atom. The van der Waals surface area contributed by atoms with Crippen molar-refractivity contribution < 1.29 is 9.90 Å². The first-order valence-corrected chi connectivity index (χ1v) is 12.9. The first kappa shape index (κ1) is 22.1. The van der Waals surface area contributed by atoms with Crippen LogP contribution in [-0.4, -0.2) is 26.3 Å². The number of nitriles is 1. The summed E-state index contributed by atoms with van der Waals surface area (Å²) < 4.78 is 1.65. The molecule has 5 nitrogen and oxygen atoms in total. The summed E-state index contributed by atoms with van der Waals surface area (Å²) in [6.45, 7) is 7.13. The summed E-state index contributed by atoms with van der Waals surface area (Å²) in [6.07, 6.45) is 14.7. The zero-order valence-electron chi connectivity index (χ0n) is 20.0. The monoisotopic (exact) mass is 437 g/mol. The highest BCUT2D eigenvalue weighted by molar-refractivity contribution is 5.82. The van der Waals surface area contributed by atoms with Gasteiger partial charge in [-0.1, -0.05) is 13.8 Å². The van der Waals surface area contributed by atoms with E-state index < -0.39 is 5.60 Å². The van der Waals surface area contributed by atoms with Crippen LogP contribution in [0.3, 0.4) is 0 Å². The summed E-state index contributed by atoms with van der Waals surface area (Å²) in [6, 6.07) is 2.10. The van der Waals surface area contributed by atoms with Gasteiger partial charge in [0.1, 0.15) is 6.07 Å². The number of hydrogen-bond donors (Lipinski definition) is 1. The maximum Gasteiger partial charge on any atom is 0.157 e. The quantitative estimate of drug-likeness (QED) is 0.709. The van der Waals surface area contributed by atoms with Crippen LogP contribution >= 0.6 is 0 Å². The second-order valence-electron chi connectivity index (χ2n) is 12.1. The molecule has 0 amide bonds. The van der Waals surface area contributed by atoms with Crippen molar-refractivity contribution in [3.8, 4) is 6.07 Å². The molecule has 174 valence electrons. The number of aromatic nitrogens is 2. The van der Waals surface area contributed by atoms with E-state index in [0.717, 1.165) is 37.5 Å². The summed E-state index contributed by atoms with van der Waals surface area (Å²) in [5, 5.41) is 24.1. The average molecular weight is 438 g/mol. The summed E-state index contributed by atoms with van der Waals surface area (Å²) in [5.41, 5.74) is 0.534. The fourth-order valence-electron chi connectivity index (χ4n) is 9.25. The van der Waals surface area contributed by atoms with E-state index in [-0.39, 0.29) is 11.3 Å². The van der Waals surface area contributed by atoms with E-state index in [0.29, 0.717) is 35.1 Å².